The molecule has 1 aromatic carbocycles. The highest BCUT2D eigenvalue weighted by Gasteiger charge is 2.34. The van der Waals surface area contributed by atoms with Crippen molar-refractivity contribution in [3.8, 4) is 0 Å². The molecule has 3 unspecified atom stereocenters. The van der Waals surface area contributed by atoms with E-state index in [1.165, 1.54) is 4.31 Å². The van der Waals surface area contributed by atoms with E-state index in [0.717, 1.165) is 31.5 Å². The van der Waals surface area contributed by atoms with Crippen LogP contribution in [0.3, 0.4) is 0 Å². The van der Waals surface area contributed by atoms with E-state index in [0.29, 0.717) is 23.8 Å². The lowest BCUT2D eigenvalue weighted by molar-refractivity contribution is -0.127. The van der Waals surface area contributed by atoms with Gasteiger partial charge in [-0.2, -0.15) is 4.31 Å². The number of amides is 1. The Morgan fingerprint density at radius 2 is 1.93 bits per heavy atom. The highest BCUT2D eigenvalue weighted by Crippen LogP contribution is 2.24. The van der Waals surface area contributed by atoms with Crippen molar-refractivity contribution in [3.63, 3.8) is 0 Å². The first kappa shape index (κ1) is 22.1. The van der Waals surface area contributed by atoms with Crippen molar-refractivity contribution >= 4 is 28.3 Å². The summed E-state index contributed by atoms with van der Waals surface area (Å²) in [5.74, 6) is 0.113. The maximum atomic E-state index is 12.9. The van der Waals surface area contributed by atoms with E-state index >= 15 is 0 Å². The van der Waals surface area contributed by atoms with Gasteiger partial charge in [0.05, 0.1) is 10.8 Å². The molecule has 0 aromatic heterocycles. The first-order valence-electron chi connectivity index (χ1n) is 9.46. The quantitative estimate of drug-likeness (QED) is 0.787. The lowest BCUT2D eigenvalue weighted by Gasteiger charge is -2.34. The van der Waals surface area contributed by atoms with Crippen LogP contribution in [0.25, 0.3) is 0 Å². The summed E-state index contributed by atoms with van der Waals surface area (Å²) < 4.78 is 27.3. The highest BCUT2D eigenvalue weighted by atomic mass is 35.5. The number of piperidine rings is 2. The molecular weight excluding hydrogens is 386 g/mol. The standard InChI is InChI=1S/C19H29N3O3S.ClH/c1-14-5-7-17(8-6-14)26(24,25)22-11-3-4-16(13-22)19(23)21-18-9-10-20-12-15(18)2;/h5-8,15-16,18,20H,3-4,9-13H2,1-2H3,(H,21,23);1H. The minimum Gasteiger partial charge on any atom is -0.353 e. The van der Waals surface area contributed by atoms with Crippen LogP contribution in [0.15, 0.2) is 29.2 Å². The molecule has 27 heavy (non-hydrogen) atoms. The van der Waals surface area contributed by atoms with Crippen LogP contribution < -0.4 is 10.6 Å². The van der Waals surface area contributed by atoms with Gasteiger partial charge in [0.2, 0.25) is 15.9 Å². The Morgan fingerprint density at radius 3 is 2.59 bits per heavy atom. The number of aryl methyl sites for hydroxylation is 1. The molecule has 1 amide bonds. The van der Waals surface area contributed by atoms with Gasteiger partial charge in [0, 0.05) is 19.1 Å². The summed E-state index contributed by atoms with van der Waals surface area (Å²) in [6.45, 7) is 6.62. The lowest BCUT2D eigenvalue weighted by Crippen LogP contribution is -2.52. The first-order chi connectivity index (χ1) is 12.4. The summed E-state index contributed by atoms with van der Waals surface area (Å²) in [6.07, 6.45) is 2.38. The number of hydrogen-bond donors (Lipinski definition) is 2. The molecule has 0 radical (unpaired) electrons. The predicted octanol–water partition coefficient (Wildman–Crippen LogP) is 1.93. The Hall–Kier alpha value is -1.15. The number of hydrogen-bond acceptors (Lipinski definition) is 4. The number of rotatable bonds is 4. The number of carbonyl (C=O) groups is 1. The average Bonchev–Trinajstić information content (AvgIpc) is 2.64. The maximum absolute atomic E-state index is 12.9. The third-order valence-corrected chi connectivity index (χ3v) is 7.41. The van der Waals surface area contributed by atoms with Crippen molar-refractivity contribution in [2.45, 2.75) is 44.0 Å². The molecule has 8 heteroatoms. The van der Waals surface area contributed by atoms with E-state index in [4.69, 9.17) is 0 Å². The molecular formula is C19H30ClN3O3S. The van der Waals surface area contributed by atoms with Gasteiger partial charge in [-0.3, -0.25) is 4.79 Å². The van der Waals surface area contributed by atoms with Gasteiger partial charge < -0.3 is 10.6 Å². The molecule has 1 aromatic rings. The first-order valence-corrected chi connectivity index (χ1v) is 10.9. The van der Waals surface area contributed by atoms with Gasteiger partial charge in [0.15, 0.2) is 0 Å². The van der Waals surface area contributed by atoms with Crippen LogP contribution in [0, 0.1) is 18.8 Å². The molecule has 0 aliphatic carbocycles. The molecule has 0 saturated carbocycles. The number of carbonyl (C=O) groups excluding carboxylic acids is 1. The number of nitrogens with zero attached hydrogens (tertiary/aromatic N) is 1. The molecule has 2 N–H and O–H groups in total. The zero-order valence-corrected chi connectivity index (χ0v) is 17.6. The third kappa shape index (κ3) is 5.22. The Bertz CT molecular complexity index is 739. The van der Waals surface area contributed by atoms with Gasteiger partial charge in [-0.25, -0.2) is 8.42 Å². The number of benzene rings is 1. The zero-order valence-electron chi connectivity index (χ0n) is 16.0. The van der Waals surface area contributed by atoms with Crippen LogP contribution in [0.1, 0.15) is 31.7 Å². The Labute approximate surface area is 168 Å². The molecule has 152 valence electrons. The fourth-order valence-corrected chi connectivity index (χ4v) is 5.29. The fraction of sp³-hybridized carbons (Fsp3) is 0.632. The van der Waals surface area contributed by atoms with Crippen LogP contribution in [0.5, 0.6) is 0 Å². The highest BCUT2D eigenvalue weighted by molar-refractivity contribution is 7.89. The Balaban J connectivity index is 0.00000261. The summed E-state index contributed by atoms with van der Waals surface area (Å²) in [5, 5.41) is 6.48. The number of halogens is 1. The molecule has 6 nitrogen and oxygen atoms in total. The summed E-state index contributed by atoms with van der Waals surface area (Å²) >= 11 is 0. The molecule has 0 bridgehead atoms. The van der Waals surface area contributed by atoms with Crippen LogP contribution in [0.4, 0.5) is 0 Å². The van der Waals surface area contributed by atoms with Crippen LogP contribution in [-0.2, 0) is 14.8 Å². The van der Waals surface area contributed by atoms with Gasteiger partial charge in [-0.05, 0) is 57.3 Å². The SMILES string of the molecule is Cc1ccc(S(=O)(=O)N2CCCC(C(=O)NC3CCNCC3C)C2)cc1.Cl. The molecule has 3 rings (SSSR count). The predicted molar refractivity (Wildman–Crippen MR) is 108 cm³/mol. The summed E-state index contributed by atoms with van der Waals surface area (Å²) in [7, 11) is -3.55. The molecule has 0 spiro atoms. The Kier molecular flexibility index (Phi) is 7.68. The van der Waals surface area contributed by atoms with Gasteiger partial charge >= 0.3 is 0 Å². The number of sulfonamides is 1. The molecule has 2 heterocycles. The van der Waals surface area contributed by atoms with Crippen LogP contribution in [0.2, 0.25) is 0 Å². The van der Waals surface area contributed by atoms with Gasteiger partial charge in [-0.1, -0.05) is 24.6 Å². The monoisotopic (exact) mass is 415 g/mol. The second kappa shape index (κ2) is 9.37. The molecule has 2 saturated heterocycles. The Morgan fingerprint density at radius 1 is 1.22 bits per heavy atom. The van der Waals surface area contributed by atoms with Crippen molar-refractivity contribution in [2.24, 2.45) is 11.8 Å². The van der Waals surface area contributed by atoms with Crippen molar-refractivity contribution in [2.75, 3.05) is 26.2 Å². The van der Waals surface area contributed by atoms with Crippen LogP contribution in [-0.4, -0.2) is 50.9 Å². The largest absolute Gasteiger partial charge is 0.353 e. The van der Waals surface area contributed by atoms with Crippen molar-refractivity contribution in [1.82, 2.24) is 14.9 Å². The van der Waals surface area contributed by atoms with Crippen molar-refractivity contribution < 1.29 is 13.2 Å². The van der Waals surface area contributed by atoms with E-state index in [1.54, 1.807) is 24.3 Å². The van der Waals surface area contributed by atoms with Gasteiger partial charge in [0.25, 0.3) is 0 Å². The summed E-state index contributed by atoms with van der Waals surface area (Å²) in [5.41, 5.74) is 1.02. The third-order valence-electron chi connectivity index (χ3n) is 5.53. The van der Waals surface area contributed by atoms with E-state index in [9.17, 15) is 13.2 Å². The zero-order chi connectivity index (χ0) is 18.7. The minimum atomic E-state index is -3.55. The fourth-order valence-electron chi connectivity index (χ4n) is 3.76. The normalized spacial score (nSPS) is 26.8. The molecule has 3 atom stereocenters. The number of nitrogens with one attached hydrogen (secondary N) is 2. The van der Waals surface area contributed by atoms with E-state index in [-0.39, 0.29) is 36.8 Å². The molecule has 2 fully saturated rings. The van der Waals surface area contributed by atoms with Gasteiger partial charge in [-0.15, -0.1) is 12.4 Å². The average molecular weight is 416 g/mol. The minimum absolute atomic E-state index is 0. The second-order valence-corrected chi connectivity index (χ2v) is 9.54. The van der Waals surface area contributed by atoms with E-state index in [2.05, 4.69) is 17.6 Å². The molecule has 2 aliphatic heterocycles. The summed E-state index contributed by atoms with van der Waals surface area (Å²) in [6, 6.07) is 7.07. The van der Waals surface area contributed by atoms with Gasteiger partial charge in [0.1, 0.15) is 0 Å². The summed E-state index contributed by atoms with van der Waals surface area (Å²) in [4.78, 5) is 13.0. The van der Waals surface area contributed by atoms with Crippen molar-refractivity contribution in [3.05, 3.63) is 29.8 Å². The van der Waals surface area contributed by atoms with Crippen molar-refractivity contribution in [1.29, 1.82) is 0 Å². The topological polar surface area (TPSA) is 78.5 Å². The van der Waals surface area contributed by atoms with E-state index < -0.39 is 10.0 Å². The van der Waals surface area contributed by atoms with E-state index in [1.807, 2.05) is 6.92 Å². The lowest BCUT2D eigenvalue weighted by atomic mass is 9.93. The van der Waals surface area contributed by atoms with Crippen LogP contribution >= 0.6 is 12.4 Å². The second-order valence-electron chi connectivity index (χ2n) is 7.60. The smallest absolute Gasteiger partial charge is 0.243 e. The molecule has 2 aliphatic rings. The maximum Gasteiger partial charge on any atom is 0.243 e.